The number of rotatable bonds is 5. The molecule has 1 aliphatic carbocycles. The average molecular weight is 285 g/mol. The number of urea groups is 1. The van der Waals surface area contributed by atoms with Crippen LogP contribution in [-0.2, 0) is 9.59 Å². The summed E-state index contributed by atoms with van der Waals surface area (Å²) >= 11 is 0. The number of hydrogen-bond acceptors (Lipinski definition) is 4. The van der Waals surface area contributed by atoms with Crippen molar-refractivity contribution in [2.45, 2.75) is 43.9 Å². The molecule has 1 aliphatic heterocycles. The summed E-state index contributed by atoms with van der Waals surface area (Å²) in [6, 6.07) is -1.29. The fourth-order valence-corrected chi connectivity index (χ4v) is 2.18. The minimum atomic E-state index is -1.14. The molecule has 0 spiro atoms. The number of amides is 3. The van der Waals surface area contributed by atoms with Crippen LogP contribution in [0.1, 0.15) is 25.7 Å². The Labute approximate surface area is 116 Å². The van der Waals surface area contributed by atoms with Crippen LogP contribution in [0.25, 0.3) is 0 Å². The molecule has 0 aromatic carbocycles. The summed E-state index contributed by atoms with van der Waals surface area (Å²) in [6.07, 6.45) is 1.38. The molecule has 0 radical (unpaired) electrons. The van der Waals surface area contributed by atoms with E-state index >= 15 is 0 Å². The first kappa shape index (κ1) is 14.6. The Bertz CT molecular complexity index is 410. The van der Waals surface area contributed by atoms with E-state index in [2.05, 4.69) is 10.6 Å². The summed E-state index contributed by atoms with van der Waals surface area (Å²) in [6.45, 7) is 0.146. The minimum absolute atomic E-state index is 0.00291. The first-order chi connectivity index (χ1) is 9.47. The Kier molecular flexibility index (Phi) is 4.43. The van der Waals surface area contributed by atoms with Crippen molar-refractivity contribution in [2.75, 3.05) is 13.1 Å². The van der Waals surface area contributed by atoms with E-state index < -0.39 is 24.1 Å². The quantitative estimate of drug-likeness (QED) is 0.510. The smallest absolute Gasteiger partial charge is 0.326 e. The molecule has 2 aliphatic rings. The Balaban J connectivity index is 1.73. The summed E-state index contributed by atoms with van der Waals surface area (Å²) in [4.78, 5) is 35.3. The highest BCUT2D eigenvalue weighted by Gasteiger charge is 2.38. The fraction of sp³-hybridized carbons (Fsp3) is 0.750. The van der Waals surface area contributed by atoms with Gasteiger partial charge in [-0.15, -0.1) is 0 Å². The van der Waals surface area contributed by atoms with E-state index in [0.717, 1.165) is 17.7 Å². The minimum Gasteiger partial charge on any atom is -0.480 e. The van der Waals surface area contributed by atoms with E-state index in [9.17, 15) is 19.5 Å². The normalized spacial score (nSPS) is 25.4. The number of carboxylic acids is 1. The topological polar surface area (TPSA) is 119 Å². The fourth-order valence-electron chi connectivity index (χ4n) is 2.18. The van der Waals surface area contributed by atoms with Crippen LogP contribution in [0.15, 0.2) is 0 Å². The van der Waals surface area contributed by atoms with Gasteiger partial charge >= 0.3 is 12.0 Å². The molecule has 0 aromatic heterocycles. The Morgan fingerprint density at radius 2 is 1.95 bits per heavy atom. The molecule has 8 heteroatoms. The van der Waals surface area contributed by atoms with E-state index in [0.29, 0.717) is 0 Å². The van der Waals surface area contributed by atoms with Gasteiger partial charge in [-0.3, -0.25) is 4.79 Å². The van der Waals surface area contributed by atoms with Crippen molar-refractivity contribution in [3.8, 4) is 0 Å². The van der Waals surface area contributed by atoms with Gasteiger partial charge in [0, 0.05) is 32.0 Å². The summed E-state index contributed by atoms with van der Waals surface area (Å²) in [7, 11) is 0. The number of aliphatic carboxylic acids is 1. The number of nitrogens with one attached hydrogen (secondary N) is 2. The molecule has 0 bridgehead atoms. The van der Waals surface area contributed by atoms with Crippen molar-refractivity contribution in [1.82, 2.24) is 15.5 Å². The zero-order valence-corrected chi connectivity index (χ0v) is 11.0. The molecule has 2 rings (SSSR count). The molecule has 3 amide bonds. The molecular weight excluding hydrogens is 266 g/mol. The van der Waals surface area contributed by atoms with Crippen molar-refractivity contribution in [3.05, 3.63) is 0 Å². The largest absolute Gasteiger partial charge is 0.480 e. The lowest BCUT2D eigenvalue weighted by atomic mass is 10.2. The van der Waals surface area contributed by atoms with E-state index in [1.807, 2.05) is 0 Å². The maximum atomic E-state index is 11.8. The Morgan fingerprint density at radius 3 is 2.55 bits per heavy atom. The van der Waals surface area contributed by atoms with Crippen molar-refractivity contribution >= 4 is 17.9 Å². The van der Waals surface area contributed by atoms with Crippen LogP contribution in [-0.4, -0.2) is 64.3 Å². The maximum absolute atomic E-state index is 11.8. The number of nitrogens with zero attached hydrogens (tertiary/aromatic N) is 1. The number of likely N-dealkylation sites (tertiary alicyclic amines) is 1. The summed E-state index contributed by atoms with van der Waals surface area (Å²) in [5.41, 5.74) is 0. The third kappa shape index (κ3) is 3.83. The number of carbonyl (C=O) groups excluding carboxylic acids is 2. The van der Waals surface area contributed by atoms with Gasteiger partial charge in [-0.05, 0) is 12.8 Å². The van der Waals surface area contributed by atoms with Gasteiger partial charge < -0.3 is 25.7 Å². The van der Waals surface area contributed by atoms with Crippen LogP contribution >= 0.6 is 0 Å². The highest BCUT2D eigenvalue weighted by Crippen LogP contribution is 2.19. The van der Waals surface area contributed by atoms with Crippen molar-refractivity contribution in [1.29, 1.82) is 0 Å². The lowest BCUT2D eigenvalue weighted by molar-refractivity contribution is -0.141. The molecule has 4 N–H and O–H groups in total. The zero-order valence-electron chi connectivity index (χ0n) is 11.0. The molecule has 0 aromatic rings. The standard InChI is InChI=1S/C12H19N3O5/c16-8-5-9(11(18)19)15(6-8)12(20)13-4-3-10(17)14-7-1-2-7/h7-9,16H,1-6H2,(H,13,20)(H,14,17)(H,18,19). The van der Waals surface area contributed by atoms with Gasteiger partial charge in [-0.25, -0.2) is 9.59 Å². The van der Waals surface area contributed by atoms with Crippen molar-refractivity contribution in [3.63, 3.8) is 0 Å². The lowest BCUT2D eigenvalue weighted by Gasteiger charge is -2.21. The number of carbonyl (C=O) groups is 3. The molecular formula is C12H19N3O5. The molecule has 1 saturated heterocycles. The van der Waals surface area contributed by atoms with Gasteiger partial charge in [0.25, 0.3) is 0 Å². The molecule has 2 unspecified atom stereocenters. The first-order valence-electron chi connectivity index (χ1n) is 6.72. The summed E-state index contributed by atoms with van der Waals surface area (Å²) in [5.74, 6) is -1.26. The SMILES string of the molecule is O=C(CCNC(=O)N1CC(O)CC1C(=O)O)NC1CC1. The van der Waals surface area contributed by atoms with Crippen LogP contribution in [0, 0.1) is 0 Å². The molecule has 1 saturated carbocycles. The monoisotopic (exact) mass is 285 g/mol. The van der Waals surface area contributed by atoms with Crippen LogP contribution in [0.5, 0.6) is 0 Å². The summed E-state index contributed by atoms with van der Waals surface area (Å²) in [5, 5.41) is 23.7. The van der Waals surface area contributed by atoms with Crippen LogP contribution in [0.4, 0.5) is 4.79 Å². The number of β-amino-alcohol motifs (C(OH)–C–C–N with tert-alkyl or cyclic N) is 1. The van der Waals surface area contributed by atoms with Crippen LogP contribution in [0.3, 0.4) is 0 Å². The lowest BCUT2D eigenvalue weighted by Crippen LogP contribution is -2.46. The summed E-state index contributed by atoms with van der Waals surface area (Å²) < 4.78 is 0. The van der Waals surface area contributed by atoms with Crippen molar-refractivity contribution < 1.29 is 24.6 Å². The average Bonchev–Trinajstić information content (AvgIpc) is 3.08. The number of aliphatic hydroxyl groups is 1. The van der Waals surface area contributed by atoms with Crippen LogP contribution < -0.4 is 10.6 Å². The predicted molar refractivity (Wildman–Crippen MR) is 67.9 cm³/mol. The second kappa shape index (κ2) is 6.08. The number of hydrogen-bond donors (Lipinski definition) is 4. The van der Waals surface area contributed by atoms with Gasteiger partial charge in [0.1, 0.15) is 6.04 Å². The molecule has 112 valence electrons. The Morgan fingerprint density at radius 1 is 1.25 bits per heavy atom. The van der Waals surface area contributed by atoms with E-state index in [4.69, 9.17) is 5.11 Å². The second-order valence-corrected chi connectivity index (χ2v) is 5.22. The van der Waals surface area contributed by atoms with Gasteiger partial charge in [-0.1, -0.05) is 0 Å². The van der Waals surface area contributed by atoms with Gasteiger partial charge in [0.15, 0.2) is 0 Å². The molecule has 1 heterocycles. The molecule has 8 nitrogen and oxygen atoms in total. The number of carboxylic acid groups (broad SMARTS) is 1. The predicted octanol–water partition coefficient (Wildman–Crippen LogP) is -1.12. The Hall–Kier alpha value is -1.83. The van der Waals surface area contributed by atoms with Gasteiger partial charge in [0.05, 0.1) is 6.10 Å². The van der Waals surface area contributed by atoms with E-state index in [1.165, 1.54) is 0 Å². The maximum Gasteiger partial charge on any atom is 0.326 e. The highest BCUT2D eigenvalue weighted by molar-refractivity contribution is 5.84. The molecule has 2 fully saturated rings. The first-order valence-corrected chi connectivity index (χ1v) is 6.72. The van der Waals surface area contributed by atoms with Gasteiger partial charge in [0.2, 0.25) is 5.91 Å². The van der Waals surface area contributed by atoms with E-state index in [1.54, 1.807) is 0 Å². The highest BCUT2D eigenvalue weighted by atomic mass is 16.4. The third-order valence-electron chi connectivity index (χ3n) is 3.40. The van der Waals surface area contributed by atoms with Crippen LogP contribution in [0.2, 0.25) is 0 Å². The second-order valence-electron chi connectivity index (χ2n) is 5.22. The number of aliphatic hydroxyl groups excluding tert-OH is 1. The van der Waals surface area contributed by atoms with E-state index in [-0.39, 0.29) is 37.9 Å². The molecule has 20 heavy (non-hydrogen) atoms. The van der Waals surface area contributed by atoms with Gasteiger partial charge in [-0.2, -0.15) is 0 Å². The third-order valence-corrected chi connectivity index (χ3v) is 3.40. The van der Waals surface area contributed by atoms with Crippen molar-refractivity contribution in [2.24, 2.45) is 0 Å². The zero-order chi connectivity index (χ0) is 14.7. The molecule has 2 atom stereocenters.